The minimum Gasteiger partial charge on any atom is -0.461 e. The molecule has 1 rings (SSSR count). The molecule has 7 heteroatoms. The minimum absolute atomic E-state index is 0.000497. The third-order valence-electron chi connectivity index (χ3n) is 2.96. The molecule has 0 unspecified atom stereocenters. The summed E-state index contributed by atoms with van der Waals surface area (Å²) in [4.78, 5) is 34.4. The number of carbonyl (C=O) groups excluding carboxylic acids is 3. The van der Waals surface area contributed by atoms with E-state index in [-0.39, 0.29) is 26.2 Å². The number of carbonyl (C=O) groups is 3. The van der Waals surface area contributed by atoms with Crippen LogP contribution in [-0.2, 0) is 30.4 Å². The van der Waals surface area contributed by atoms with Crippen molar-refractivity contribution in [3.8, 4) is 0 Å². The summed E-state index contributed by atoms with van der Waals surface area (Å²) < 4.78 is 15.1. The molecule has 0 heterocycles. The van der Waals surface area contributed by atoms with E-state index in [4.69, 9.17) is 14.2 Å². The number of hydrogen-bond acceptors (Lipinski definition) is 6. The zero-order valence-corrected chi connectivity index (χ0v) is 14.4. The van der Waals surface area contributed by atoms with Gasteiger partial charge < -0.3 is 19.5 Å². The highest BCUT2D eigenvalue weighted by molar-refractivity contribution is 5.81. The van der Waals surface area contributed by atoms with Gasteiger partial charge in [-0.1, -0.05) is 36.9 Å². The van der Waals surface area contributed by atoms with Crippen molar-refractivity contribution in [2.24, 2.45) is 0 Å². The van der Waals surface area contributed by atoms with Gasteiger partial charge in [-0.3, -0.25) is 4.79 Å². The molecule has 0 aliphatic heterocycles. The number of benzene rings is 1. The monoisotopic (exact) mass is 349 g/mol. The number of rotatable bonds is 9. The Hall–Kier alpha value is -2.83. The molecule has 0 saturated heterocycles. The second kappa shape index (κ2) is 10.1. The van der Waals surface area contributed by atoms with Crippen molar-refractivity contribution in [2.45, 2.75) is 32.5 Å². The largest absolute Gasteiger partial charge is 0.461 e. The predicted molar refractivity (Wildman–Crippen MR) is 90.6 cm³/mol. The third-order valence-corrected chi connectivity index (χ3v) is 2.96. The summed E-state index contributed by atoms with van der Waals surface area (Å²) in [5, 5.41) is 2.42. The van der Waals surface area contributed by atoms with Crippen LogP contribution >= 0.6 is 0 Å². The van der Waals surface area contributed by atoms with Crippen molar-refractivity contribution in [3.05, 3.63) is 48.6 Å². The first-order valence-electron chi connectivity index (χ1n) is 7.78. The SMILES string of the molecule is C=CC(=O)OCCNC(=O)OC(C)(C)CC(=O)OCc1ccccc1. The molecule has 136 valence electrons. The summed E-state index contributed by atoms with van der Waals surface area (Å²) in [6.07, 6.45) is 0.233. The Balaban J connectivity index is 2.28. The first-order valence-corrected chi connectivity index (χ1v) is 7.78. The lowest BCUT2D eigenvalue weighted by Crippen LogP contribution is -2.37. The molecule has 0 radical (unpaired) electrons. The van der Waals surface area contributed by atoms with Crippen LogP contribution in [0.25, 0.3) is 0 Å². The van der Waals surface area contributed by atoms with Crippen molar-refractivity contribution in [2.75, 3.05) is 13.2 Å². The van der Waals surface area contributed by atoms with Gasteiger partial charge >= 0.3 is 18.0 Å². The normalized spacial score (nSPS) is 10.5. The van der Waals surface area contributed by atoms with E-state index in [0.717, 1.165) is 11.6 Å². The number of nitrogens with one attached hydrogen (secondary N) is 1. The quantitative estimate of drug-likeness (QED) is 0.318. The average molecular weight is 349 g/mol. The molecule has 1 aromatic carbocycles. The molecule has 0 saturated carbocycles. The summed E-state index contributed by atoms with van der Waals surface area (Å²) in [6.45, 7) is 6.72. The van der Waals surface area contributed by atoms with Crippen molar-refractivity contribution in [1.82, 2.24) is 5.32 Å². The number of amides is 1. The maximum atomic E-state index is 11.9. The van der Waals surface area contributed by atoms with Crippen LogP contribution in [0, 0.1) is 0 Å². The zero-order valence-electron chi connectivity index (χ0n) is 14.4. The van der Waals surface area contributed by atoms with Gasteiger partial charge in [0, 0.05) is 6.08 Å². The molecule has 0 aliphatic rings. The summed E-state index contributed by atoms with van der Waals surface area (Å²) in [6, 6.07) is 9.28. The van der Waals surface area contributed by atoms with Crippen LogP contribution in [-0.4, -0.2) is 36.8 Å². The molecular weight excluding hydrogens is 326 g/mol. The van der Waals surface area contributed by atoms with Gasteiger partial charge in [-0.2, -0.15) is 0 Å². The fourth-order valence-electron chi connectivity index (χ4n) is 1.82. The molecule has 25 heavy (non-hydrogen) atoms. The highest BCUT2D eigenvalue weighted by atomic mass is 16.6. The Kier molecular flexibility index (Phi) is 8.18. The van der Waals surface area contributed by atoms with Crippen molar-refractivity contribution in [1.29, 1.82) is 0 Å². The molecule has 0 aromatic heterocycles. The maximum absolute atomic E-state index is 11.9. The molecular formula is C18H23NO6. The highest BCUT2D eigenvalue weighted by Crippen LogP contribution is 2.16. The van der Waals surface area contributed by atoms with Crippen molar-refractivity contribution >= 4 is 18.0 Å². The van der Waals surface area contributed by atoms with Gasteiger partial charge in [0.25, 0.3) is 0 Å². The Morgan fingerprint density at radius 1 is 1.16 bits per heavy atom. The van der Waals surface area contributed by atoms with E-state index < -0.39 is 23.6 Å². The van der Waals surface area contributed by atoms with Gasteiger partial charge in [0.1, 0.15) is 18.8 Å². The van der Waals surface area contributed by atoms with E-state index >= 15 is 0 Å². The first kappa shape index (κ1) is 20.2. The van der Waals surface area contributed by atoms with E-state index in [1.165, 1.54) is 0 Å². The topological polar surface area (TPSA) is 90.9 Å². The van der Waals surface area contributed by atoms with Crippen LogP contribution < -0.4 is 5.32 Å². The average Bonchev–Trinajstić information content (AvgIpc) is 2.56. The Morgan fingerprint density at radius 2 is 1.84 bits per heavy atom. The van der Waals surface area contributed by atoms with E-state index in [1.807, 2.05) is 30.3 Å². The summed E-state index contributed by atoms with van der Waals surface area (Å²) in [7, 11) is 0. The molecule has 1 N–H and O–H groups in total. The summed E-state index contributed by atoms with van der Waals surface area (Å²) in [5.74, 6) is -1.04. The molecule has 0 fully saturated rings. The van der Waals surface area contributed by atoms with E-state index in [0.29, 0.717) is 0 Å². The van der Waals surface area contributed by atoms with E-state index in [9.17, 15) is 14.4 Å². The van der Waals surface area contributed by atoms with Crippen LogP contribution in [0.4, 0.5) is 4.79 Å². The Morgan fingerprint density at radius 3 is 2.48 bits per heavy atom. The highest BCUT2D eigenvalue weighted by Gasteiger charge is 2.27. The molecule has 1 amide bonds. The van der Waals surface area contributed by atoms with Crippen molar-refractivity contribution < 1.29 is 28.6 Å². The van der Waals surface area contributed by atoms with Gasteiger partial charge in [-0.15, -0.1) is 0 Å². The Bertz CT molecular complexity index is 597. The van der Waals surface area contributed by atoms with Gasteiger partial charge in [-0.25, -0.2) is 9.59 Å². The van der Waals surface area contributed by atoms with Crippen LogP contribution in [0.1, 0.15) is 25.8 Å². The van der Waals surface area contributed by atoms with Gasteiger partial charge in [0.2, 0.25) is 0 Å². The molecule has 1 aromatic rings. The lowest BCUT2D eigenvalue weighted by molar-refractivity contribution is -0.149. The second-order valence-electron chi connectivity index (χ2n) is 5.77. The maximum Gasteiger partial charge on any atom is 0.407 e. The number of hydrogen-bond donors (Lipinski definition) is 1. The smallest absolute Gasteiger partial charge is 0.407 e. The first-order chi connectivity index (χ1) is 11.8. The van der Waals surface area contributed by atoms with Gasteiger partial charge in [0.05, 0.1) is 13.0 Å². The minimum atomic E-state index is -1.03. The molecule has 0 spiro atoms. The summed E-state index contributed by atoms with van der Waals surface area (Å²) >= 11 is 0. The van der Waals surface area contributed by atoms with Crippen molar-refractivity contribution in [3.63, 3.8) is 0 Å². The summed E-state index contributed by atoms with van der Waals surface area (Å²) in [5.41, 5.74) is -0.156. The van der Waals surface area contributed by atoms with Crippen LogP contribution in [0.2, 0.25) is 0 Å². The van der Waals surface area contributed by atoms with Crippen LogP contribution in [0.15, 0.2) is 43.0 Å². The fourth-order valence-corrected chi connectivity index (χ4v) is 1.82. The van der Waals surface area contributed by atoms with Crippen LogP contribution in [0.5, 0.6) is 0 Å². The number of alkyl carbamates (subject to hydrolysis) is 1. The lowest BCUT2D eigenvalue weighted by Gasteiger charge is -2.24. The molecule has 0 atom stereocenters. The second-order valence-corrected chi connectivity index (χ2v) is 5.77. The zero-order chi connectivity index (χ0) is 18.7. The molecule has 0 aliphatic carbocycles. The van der Waals surface area contributed by atoms with Crippen LogP contribution in [0.3, 0.4) is 0 Å². The molecule has 7 nitrogen and oxygen atoms in total. The van der Waals surface area contributed by atoms with E-state index in [1.54, 1.807) is 13.8 Å². The fraction of sp³-hybridized carbons (Fsp3) is 0.389. The Labute approximate surface area is 146 Å². The molecule has 0 bridgehead atoms. The predicted octanol–water partition coefficient (Wildman–Crippen LogP) is 2.35. The standard InChI is InChI=1S/C18H23NO6/c1-4-15(20)23-11-10-19-17(22)25-18(2,3)12-16(21)24-13-14-8-6-5-7-9-14/h4-9H,1,10-13H2,2-3H3,(H,19,22). The number of ether oxygens (including phenoxy) is 3. The third kappa shape index (κ3) is 9.14. The number of esters is 2. The lowest BCUT2D eigenvalue weighted by atomic mass is 10.1. The van der Waals surface area contributed by atoms with E-state index in [2.05, 4.69) is 11.9 Å². The van der Waals surface area contributed by atoms with Gasteiger partial charge in [-0.05, 0) is 19.4 Å². The van der Waals surface area contributed by atoms with Gasteiger partial charge in [0.15, 0.2) is 0 Å².